The second-order valence-corrected chi connectivity index (χ2v) is 4.33. The molecule has 0 aliphatic heterocycles. The number of hydrogen-bond acceptors (Lipinski definition) is 5. The molecule has 0 saturated carbocycles. The number of esters is 1. The first-order chi connectivity index (χ1) is 8.06. The summed E-state index contributed by atoms with van der Waals surface area (Å²) in [5, 5.41) is 11.0. The van der Waals surface area contributed by atoms with Gasteiger partial charge >= 0.3 is 11.9 Å². The summed E-state index contributed by atoms with van der Waals surface area (Å²) >= 11 is 1.27. The summed E-state index contributed by atoms with van der Waals surface area (Å²) in [4.78, 5) is 32.1. The van der Waals surface area contributed by atoms with Crippen LogP contribution < -0.4 is 5.32 Å². The van der Waals surface area contributed by atoms with Crippen molar-refractivity contribution in [2.24, 2.45) is 0 Å². The Labute approximate surface area is 104 Å². The van der Waals surface area contributed by atoms with E-state index in [1.807, 2.05) is 0 Å². The zero-order chi connectivity index (χ0) is 13.1. The second-order valence-electron chi connectivity index (χ2n) is 3.23. The molecule has 0 unspecified atom stereocenters. The molecular formula is C10H17NO5S. The largest absolute Gasteiger partial charge is 0.481 e. The van der Waals surface area contributed by atoms with Crippen molar-refractivity contribution in [3.8, 4) is 0 Å². The predicted octanol–water partition coefficient (Wildman–Crippen LogP) is 0.264. The molecule has 1 amide bonds. The van der Waals surface area contributed by atoms with Gasteiger partial charge in [0.1, 0.15) is 0 Å². The summed E-state index contributed by atoms with van der Waals surface area (Å²) in [7, 11) is 1.32. The molecular weight excluding hydrogens is 246 g/mol. The molecule has 6 nitrogen and oxygen atoms in total. The Morgan fingerprint density at radius 3 is 2.59 bits per heavy atom. The first-order valence-corrected chi connectivity index (χ1v) is 6.34. The lowest BCUT2D eigenvalue weighted by Crippen LogP contribution is -2.26. The lowest BCUT2D eigenvalue weighted by molar-refractivity contribution is -0.141. The number of carboxylic acids is 1. The Morgan fingerprint density at radius 1 is 1.29 bits per heavy atom. The van der Waals surface area contributed by atoms with E-state index in [-0.39, 0.29) is 30.5 Å². The minimum Gasteiger partial charge on any atom is -0.481 e. The van der Waals surface area contributed by atoms with Crippen molar-refractivity contribution >= 4 is 29.6 Å². The SMILES string of the molecule is COC(=O)CCCNC(=O)CSCCC(=O)O. The first-order valence-electron chi connectivity index (χ1n) is 5.19. The Bertz CT molecular complexity index is 269. The standard InChI is InChI=1S/C10H17NO5S/c1-16-10(15)3-2-5-11-8(12)7-17-6-4-9(13)14/h2-7H2,1H3,(H,11,12)(H,13,14). The molecule has 0 rings (SSSR count). The van der Waals surface area contributed by atoms with Crippen molar-refractivity contribution in [1.29, 1.82) is 0 Å². The molecule has 0 aromatic rings. The predicted molar refractivity (Wildman–Crippen MR) is 63.8 cm³/mol. The number of rotatable bonds is 9. The fraction of sp³-hybridized carbons (Fsp3) is 0.700. The van der Waals surface area contributed by atoms with Crippen LogP contribution in [0.1, 0.15) is 19.3 Å². The number of carbonyl (C=O) groups excluding carboxylic acids is 2. The van der Waals surface area contributed by atoms with Crippen LogP contribution in [0.25, 0.3) is 0 Å². The van der Waals surface area contributed by atoms with E-state index in [9.17, 15) is 14.4 Å². The zero-order valence-electron chi connectivity index (χ0n) is 9.73. The third kappa shape index (κ3) is 11.0. The highest BCUT2D eigenvalue weighted by molar-refractivity contribution is 7.99. The lowest BCUT2D eigenvalue weighted by Gasteiger charge is -2.04. The van der Waals surface area contributed by atoms with Gasteiger partial charge < -0.3 is 15.2 Å². The molecule has 0 fully saturated rings. The van der Waals surface area contributed by atoms with Crippen LogP contribution in [0.2, 0.25) is 0 Å². The first kappa shape index (κ1) is 15.8. The van der Waals surface area contributed by atoms with Crippen LogP contribution in [0.4, 0.5) is 0 Å². The number of methoxy groups -OCH3 is 1. The van der Waals surface area contributed by atoms with E-state index in [2.05, 4.69) is 10.1 Å². The van der Waals surface area contributed by atoms with Gasteiger partial charge in [0.25, 0.3) is 0 Å². The number of thioether (sulfide) groups is 1. The van der Waals surface area contributed by atoms with Crippen LogP contribution in [0.5, 0.6) is 0 Å². The molecule has 0 atom stereocenters. The number of carbonyl (C=O) groups is 3. The summed E-state index contributed by atoms with van der Waals surface area (Å²) < 4.78 is 4.45. The van der Waals surface area contributed by atoms with Gasteiger partial charge in [-0.25, -0.2) is 0 Å². The van der Waals surface area contributed by atoms with Crippen LogP contribution >= 0.6 is 11.8 Å². The summed E-state index contributed by atoms with van der Waals surface area (Å²) in [6, 6.07) is 0. The topological polar surface area (TPSA) is 92.7 Å². The summed E-state index contributed by atoms with van der Waals surface area (Å²) in [5.41, 5.74) is 0. The minimum absolute atomic E-state index is 0.0558. The van der Waals surface area contributed by atoms with Gasteiger partial charge in [0.05, 0.1) is 19.3 Å². The number of amides is 1. The van der Waals surface area contributed by atoms with Crippen LogP contribution in [0, 0.1) is 0 Å². The van der Waals surface area contributed by atoms with Crippen LogP contribution in [0.3, 0.4) is 0 Å². The minimum atomic E-state index is -0.865. The third-order valence-electron chi connectivity index (χ3n) is 1.80. The van der Waals surface area contributed by atoms with Gasteiger partial charge in [-0.05, 0) is 6.42 Å². The van der Waals surface area contributed by atoms with Gasteiger partial charge in [-0.2, -0.15) is 11.8 Å². The van der Waals surface area contributed by atoms with Gasteiger partial charge in [-0.1, -0.05) is 0 Å². The number of nitrogens with one attached hydrogen (secondary N) is 1. The van der Waals surface area contributed by atoms with Crippen molar-refractivity contribution in [1.82, 2.24) is 5.32 Å². The van der Waals surface area contributed by atoms with Crippen LogP contribution in [-0.2, 0) is 19.1 Å². The van der Waals surface area contributed by atoms with Crippen molar-refractivity contribution in [2.45, 2.75) is 19.3 Å². The summed E-state index contributed by atoms with van der Waals surface area (Å²) in [6.07, 6.45) is 0.876. The fourth-order valence-electron chi connectivity index (χ4n) is 0.938. The van der Waals surface area contributed by atoms with Crippen LogP contribution in [0.15, 0.2) is 0 Å². The van der Waals surface area contributed by atoms with Gasteiger partial charge in [-0.15, -0.1) is 0 Å². The second kappa shape index (κ2) is 9.95. The normalized spacial score (nSPS) is 9.71. The number of carboxylic acid groups (broad SMARTS) is 1. The molecule has 0 aliphatic carbocycles. The van der Waals surface area contributed by atoms with E-state index in [1.165, 1.54) is 18.9 Å². The number of aliphatic carboxylic acids is 1. The van der Waals surface area contributed by atoms with E-state index in [1.54, 1.807) is 0 Å². The average Bonchev–Trinajstić information content (AvgIpc) is 2.29. The maximum atomic E-state index is 11.2. The monoisotopic (exact) mass is 263 g/mol. The molecule has 0 saturated heterocycles. The highest BCUT2D eigenvalue weighted by Crippen LogP contribution is 2.01. The Kier molecular flexibility index (Phi) is 9.22. The third-order valence-corrected chi connectivity index (χ3v) is 2.76. The van der Waals surface area contributed by atoms with E-state index in [0.717, 1.165) is 0 Å². The molecule has 0 aromatic heterocycles. The van der Waals surface area contributed by atoms with Gasteiger partial charge in [0, 0.05) is 18.7 Å². The zero-order valence-corrected chi connectivity index (χ0v) is 10.5. The molecule has 98 valence electrons. The van der Waals surface area contributed by atoms with Crippen LogP contribution in [-0.4, -0.2) is 48.1 Å². The summed E-state index contributed by atoms with van der Waals surface area (Å²) in [5.74, 6) is -0.646. The fourth-order valence-corrected chi connectivity index (χ4v) is 1.69. The lowest BCUT2D eigenvalue weighted by atomic mass is 10.3. The Morgan fingerprint density at radius 2 is 2.00 bits per heavy atom. The molecule has 0 aromatic carbocycles. The van der Waals surface area contributed by atoms with Gasteiger partial charge in [0.15, 0.2) is 0 Å². The molecule has 17 heavy (non-hydrogen) atoms. The molecule has 0 aliphatic rings. The summed E-state index contributed by atoms with van der Waals surface area (Å²) in [6.45, 7) is 0.424. The van der Waals surface area contributed by atoms with E-state index in [0.29, 0.717) is 18.7 Å². The highest BCUT2D eigenvalue weighted by atomic mass is 32.2. The van der Waals surface area contributed by atoms with Gasteiger partial charge in [-0.3, -0.25) is 14.4 Å². The van der Waals surface area contributed by atoms with Crippen molar-refractivity contribution in [3.63, 3.8) is 0 Å². The Hall–Kier alpha value is -1.24. The molecule has 0 bridgehead atoms. The van der Waals surface area contributed by atoms with E-state index >= 15 is 0 Å². The maximum Gasteiger partial charge on any atom is 0.305 e. The van der Waals surface area contributed by atoms with Crippen molar-refractivity contribution < 1.29 is 24.2 Å². The molecule has 0 heterocycles. The average molecular weight is 263 g/mol. The van der Waals surface area contributed by atoms with Gasteiger partial charge in [0.2, 0.25) is 5.91 Å². The smallest absolute Gasteiger partial charge is 0.305 e. The molecule has 7 heteroatoms. The van der Waals surface area contributed by atoms with Crippen molar-refractivity contribution in [2.75, 3.05) is 25.2 Å². The quantitative estimate of drug-likeness (QED) is 0.458. The number of hydrogen-bond donors (Lipinski definition) is 2. The Balaban J connectivity index is 3.35. The molecule has 0 spiro atoms. The van der Waals surface area contributed by atoms with E-state index < -0.39 is 5.97 Å². The van der Waals surface area contributed by atoms with Crippen molar-refractivity contribution in [3.05, 3.63) is 0 Å². The highest BCUT2D eigenvalue weighted by Gasteiger charge is 2.04. The molecule has 0 radical (unpaired) electrons. The maximum absolute atomic E-state index is 11.2. The van der Waals surface area contributed by atoms with E-state index in [4.69, 9.17) is 5.11 Å². The molecule has 2 N–H and O–H groups in total. The number of ether oxygens (including phenoxy) is 1.